The topological polar surface area (TPSA) is 94.9 Å². The van der Waals surface area contributed by atoms with Gasteiger partial charge in [0.25, 0.3) is 5.91 Å². The van der Waals surface area contributed by atoms with Crippen molar-refractivity contribution < 1.29 is 23.5 Å². The van der Waals surface area contributed by atoms with Crippen molar-refractivity contribution in [3.05, 3.63) is 63.1 Å². The normalized spacial score (nSPS) is 23.0. The zero-order valence-electron chi connectivity index (χ0n) is 21.6. The number of nitrogens with one attached hydrogen (secondary N) is 1. The predicted molar refractivity (Wildman–Crippen MR) is 137 cm³/mol. The minimum atomic E-state index is -0.642. The van der Waals surface area contributed by atoms with Crippen LogP contribution in [0.1, 0.15) is 60.6 Å². The number of aromatic nitrogens is 1. The number of fused-ring (bicyclic) bond motifs is 4. The molecule has 2 fully saturated rings. The molecule has 8 nitrogen and oxygen atoms in total. The van der Waals surface area contributed by atoms with Crippen molar-refractivity contribution in [2.24, 2.45) is 5.92 Å². The Morgan fingerprint density at radius 3 is 2.63 bits per heavy atom. The van der Waals surface area contributed by atoms with Crippen LogP contribution in [0.5, 0.6) is 5.75 Å². The number of benzene rings is 1. The van der Waals surface area contributed by atoms with Crippen molar-refractivity contribution >= 4 is 11.8 Å². The van der Waals surface area contributed by atoms with Gasteiger partial charge in [0.2, 0.25) is 11.3 Å². The summed E-state index contributed by atoms with van der Waals surface area (Å²) in [6, 6.07) is 3.50. The number of rotatable bonds is 7. The molecule has 0 bridgehead atoms. The van der Waals surface area contributed by atoms with Gasteiger partial charge in [0, 0.05) is 50.4 Å². The van der Waals surface area contributed by atoms with Crippen molar-refractivity contribution in [2.45, 2.75) is 70.6 Å². The monoisotopic (exact) mass is 528 g/mol. The molecule has 38 heavy (non-hydrogen) atoms. The Hall–Kier alpha value is -3.27. The number of hydrogen-bond acceptors (Lipinski definition) is 5. The highest BCUT2D eigenvalue weighted by molar-refractivity contribution is 5.96. The molecule has 0 radical (unpaired) electrons. The van der Waals surface area contributed by atoms with Gasteiger partial charge in [0.1, 0.15) is 17.8 Å². The van der Waals surface area contributed by atoms with E-state index in [-0.39, 0.29) is 36.1 Å². The summed E-state index contributed by atoms with van der Waals surface area (Å²) >= 11 is 0. The van der Waals surface area contributed by atoms with E-state index in [2.05, 4.69) is 10.2 Å². The van der Waals surface area contributed by atoms with Gasteiger partial charge in [-0.3, -0.25) is 19.3 Å². The molecule has 3 atom stereocenters. The minimum Gasteiger partial charge on any atom is -0.503 e. The Morgan fingerprint density at radius 2 is 1.87 bits per heavy atom. The molecule has 1 saturated carbocycles. The van der Waals surface area contributed by atoms with Crippen LogP contribution in [0.2, 0.25) is 0 Å². The molecule has 2 aliphatic heterocycles. The second-order valence-electron chi connectivity index (χ2n) is 10.7. The van der Waals surface area contributed by atoms with Gasteiger partial charge in [0.05, 0.1) is 6.54 Å². The maximum atomic E-state index is 14.0. The molecule has 2 amide bonds. The third-order valence-electron chi connectivity index (χ3n) is 8.25. The highest BCUT2D eigenvalue weighted by Crippen LogP contribution is 2.39. The molecule has 0 unspecified atom stereocenters. The Bertz CT molecular complexity index is 1300. The van der Waals surface area contributed by atoms with Crippen LogP contribution in [-0.4, -0.2) is 63.1 Å². The molecule has 3 aliphatic rings. The fourth-order valence-corrected chi connectivity index (χ4v) is 6.44. The van der Waals surface area contributed by atoms with Crippen LogP contribution >= 0.6 is 0 Å². The molecule has 2 aromatic rings. The number of aromatic hydroxyl groups is 1. The fourth-order valence-electron chi connectivity index (χ4n) is 6.44. The van der Waals surface area contributed by atoms with E-state index in [9.17, 15) is 28.3 Å². The molecular weight excluding hydrogens is 494 g/mol. The average Bonchev–Trinajstić information content (AvgIpc) is 2.87. The number of carbonyl (C=O) groups excluding carboxylic acids is 2. The maximum absolute atomic E-state index is 14.0. The zero-order valence-corrected chi connectivity index (χ0v) is 21.6. The Morgan fingerprint density at radius 1 is 1.11 bits per heavy atom. The molecule has 1 aromatic carbocycles. The molecule has 2 N–H and O–H groups in total. The SMILES string of the molecule is CC(=O)NCCN1C[C@@H]2CCCC[C@@H]2N2C(=O)c3c(O)c(=O)c(CCCc4ccc(F)cc4F)cn3C[C@@H]12. The Labute approximate surface area is 220 Å². The number of nitrogens with zero attached hydrogens (tertiary/aromatic N) is 3. The lowest BCUT2D eigenvalue weighted by molar-refractivity contribution is -0.119. The quantitative estimate of drug-likeness (QED) is 0.577. The van der Waals surface area contributed by atoms with Crippen molar-refractivity contribution in [3.63, 3.8) is 0 Å². The molecule has 10 heteroatoms. The number of pyridine rings is 1. The first-order chi connectivity index (χ1) is 18.2. The summed E-state index contributed by atoms with van der Waals surface area (Å²) in [5, 5.41) is 13.7. The number of halogens is 2. The lowest BCUT2D eigenvalue weighted by Gasteiger charge is -2.55. The smallest absolute Gasteiger partial charge is 0.276 e. The van der Waals surface area contributed by atoms with E-state index >= 15 is 0 Å². The van der Waals surface area contributed by atoms with Gasteiger partial charge in [-0.05, 0) is 49.7 Å². The first-order valence-electron chi connectivity index (χ1n) is 13.4. The minimum absolute atomic E-state index is 0.0209. The van der Waals surface area contributed by atoms with Crippen LogP contribution in [0.25, 0.3) is 0 Å². The van der Waals surface area contributed by atoms with E-state index in [1.165, 1.54) is 19.1 Å². The zero-order chi connectivity index (χ0) is 27.0. The summed E-state index contributed by atoms with van der Waals surface area (Å²) in [6.07, 6.45) is 6.48. The first-order valence-corrected chi connectivity index (χ1v) is 13.4. The summed E-state index contributed by atoms with van der Waals surface area (Å²) in [7, 11) is 0. The molecule has 204 valence electrons. The van der Waals surface area contributed by atoms with E-state index in [1.54, 1.807) is 10.8 Å². The summed E-state index contributed by atoms with van der Waals surface area (Å²) in [4.78, 5) is 42.4. The number of amides is 2. The fraction of sp³-hybridized carbons (Fsp3) is 0.536. The summed E-state index contributed by atoms with van der Waals surface area (Å²) in [6.45, 7) is 3.77. The molecule has 0 spiro atoms. The van der Waals surface area contributed by atoms with E-state index < -0.39 is 22.8 Å². The van der Waals surface area contributed by atoms with E-state index in [0.29, 0.717) is 49.5 Å². The lowest BCUT2D eigenvalue weighted by Crippen LogP contribution is -2.68. The molecule has 1 aliphatic carbocycles. The molecular formula is C28H34F2N4O4. The van der Waals surface area contributed by atoms with Crippen molar-refractivity contribution in [3.8, 4) is 5.75 Å². The maximum Gasteiger partial charge on any atom is 0.276 e. The molecule has 3 heterocycles. The van der Waals surface area contributed by atoms with E-state index in [4.69, 9.17) is 0 Å². The molecule has 5 rings (SSSR count). The average molecular weight is 529 g/mol. The predicted octanol–water partition coefficient (Wildman–Crippen LogP) is 2.80. The first kappa shape index (κ1) is 26.3. The summed E-state index contributed by atoms with van der Waals surface area (Å²) in [5.41, 5.74) is 0.152. The second kappa shape index (κ2) is 10.8. The highest BCUT2D eigenvalue weighted by Gasteiger charge is 2.48. The van der Waals surface area contributed by atoms with Gasteiger partial charge in [-0.2, -0.15) is 0 Å². The second-order valence-corrected chi connectivity index (χ2v) is 10.7. The molecule has 1 aromatic heterocycles. The highest BCUT2D eigenvalue weighted by atomic mass is 19.1. The Balaban J connectivity index is 1.40. The van der Waals surface area contributed by atoms with Crippen molar-refractivity contribution in [1.29, 1.82) is 0 Å². The standard InChI is InChI=1S/C28H34F2N4O4/c1-17(35)31-11-12-32-14-19-5-2-3-8-23(19)34-24(32)16-33-15-20(26(36)27(37)25(33)28(34)38)7-4-6-18-9-10-21(29)13-22(18)30/h9-10,13,15,19,23-24,37H,2-8,11-12,14,16H2,1H3,(H,31,35)/t19-,23-,24-/m0/s1. The van der Waals surface area contributed by atoms with Gasteiger partial charge in [0.15, 0.2) is 11.4 Å². The number of hydrogen-bond donors (Lipinski definition) is 2. The van der Waals surface area contributed by atoms with Gasteiger partial charge in [-0.15, -0.1) is 0 Å². The van der Waals surface area contributed by atoms with E-state index in [0.717, 1.165) is 38.3 Å². The third-order valence-corrected chi connectivity index (χ3v) is 8.25. The number of aryl methyl sites for hydroxylation is 2. The van der Waals surface area contributed by atoms with Crippen molar-refractivity contribution in [1.82, 2.24) is 19.7 Å². The lowest BCUT2D eigenvalue weighted by atomic mass is 9.80. The van der Waals surface area contributed by atoms with Crippen LogP contribution in [0.15, 0.2) is 29.2 Å². The van der Waals surface area contributed by atoms with Gasteiger partial charge < -0.3 is 19.9 Å². The van der Waals surface area contributed by atoms with Crippen LogP contribution in [0.4, 0.5) is 8.78 Å². The van der Waals surface area contributed by atoms with Gasteiger partial charge in [-0.25, -0.2) is 8.78 Å². The largest absolute Gasteiger partial charge is 0.503 e. The van der Waals surface area contributed by atoms with Gasteiger partial charge in [-0.1, -0.05) is 18.9 Å². The van der Waals surface area contributed by atoms with Crippen LogP contribution in [0, 0.1) is 17.6 Å². The third kappa shape index (κ3) is 5.06. The van der Waals surface area contributed by atoms with Crippen LogP contribution < -0.4 is 10.7 Å². The van der Waals surface area contributed by atoms with Crippen LogP contribution in [0.3, 0.4) is 0 Å². The van der Waals surface area contributed by atoms with Gasteiger partial charge >= 0.3 is 0 Å². The van der Waals surface area contributed by atoms with Crippen molar-refractivity contribution in [2.75, 3.05) is 19.6 Å². The van der Waals surface area contributed by atoms with Crippen LogP contribution in [-0.2, 0) is 24.2 Å². The summed E-state index contributed by atoms with van der Waals surface area (Å²) in [5.74, 6) is -1.94. The molecule has 1 saturated heterocycles. The Kier molecular flexibility index (Phi) is 7.52. The number of carbonyl (C=O) groups is 2. The van der Waals surface area contributed by atoms with E-state index in [1.807, 2.05) is 4.90 Å². The summed E-state index contributed by atoms with van der Waals surface area (Å²) < 4.78 is 28.9.